The number of benzene rings is 1. The van der Waals surface area contributed by atoms with Crippen LogP contribution in [0.3, 0.4) is 0 Å². The summed E-state index contributed by atoms with van der Waals surface area (Å²) in [5, 5.41) is 4.98. The summed E-state index contributed by atoms with van der Waals surface area (Å²) in [7, 11) is 0. The predicted octanol–water partition coefficient (Wildman–Crippen LogP) is 3.86. The van der Waals surface area contributed by atoms with Gasteiger partial charge in [0.2, 0.25) is 0 Å². The van der Waals surface area contributed by atoms with Crippen LogP contribution in [0.1, 0.15) is 55.8 Å². The van der Waals surface area contributed by atoms with E-state index in [1.165, 1.54) is 63.0 Å². The molecule has 2 aromatic rings. The smallest absolute Gasteiger partial charge is 0.199 e. The molecule has 5 rings (SSSR count). The van der Waals surface area contributed by atoms with Crippen molar-refractivity contribution in [1.82, 2.24) is 24.1 Å². The zero-order chi connectivity index (χ0) is 18.9. The van der Waals surface area contributed by atoms with E-state index in [-0.39, 0.29) is 0 Å². The van der Waals surface area contributed by atoms with Crippen molar-refractivity contribution < 1.29 is 0 Å². The Kier molecular flexibility index (Phi) is 5.35. The van der Waals surface area contributed by atoms with Gasteiger partial charge in [-0.1, -0.05) is 43.2 Å². The van der Waals surface area contributed by atoms with Crippen molar-refractivity contribution >= 4 is 12.2 Å². The fourth-order valence-corrected chi connectivity index (χ4v) is 5.09. The molecule has 0 unspecified atom stereocenters. The zero-order valence-electron chi connectivity index (χ0n) is 16.7. The summed E-state index contributed by atoms with van der Waals surface area (Å²) < 4.78 is 5.23. The molecule has 0 N–H and O–H groups in total. The maximum Gasteiger partial charge on any atom is 0.199 e. The standard InChI is InChI=1S/C22H31N5S/c28-22-26(16-18-6-2-1-3-7-18)21(19-10-11-19)23-27(22)17-24-12-14-25(15-13-24)20-8-4-5-9-20/h1-3,6-7,19-20H,4-5,8-17H2. The molecular weight excluding hydrogens is 366 g/mol. The molecule has 1 aromatic heterocycles. The highest BCUT2D eigenvalue weighted by molar-refractivity contribution is 7.71. The lowest BCUT2D eigenvalue weighted by Gasteiger charge is -2.37. The molecule has 2 heterocycles. The Bertz CT molecular complexity index is 840. The lowest BCUT2D eigenvalue weighted by Crippen LogP contribution is -2.49. The largest absolute Gasteiger partial charge is 0.299 e. The lowest BCUT2D eigenvalue weighted by atomic mass is 10.2. The minimum atomic E-state index is 0.603. The van der Waals surface area contributed by atoms with Gasteiger partial charge < -0.3 is 0 Å². The summed E-state index contributed by atoms with van der Waals surface area (Å²) in [5.74, 6) is 1.80. The van der Waals surface area contributed by atoms with E-state index in [1.807, 2.05) is 0 Å². The molecule has 2 aliphatic carbocycles. The number of hydrogen-bond donors (Lipinski definition) is 0. The minimum Gasteiger partial charge on any atom is -0.299 e. The van der Waals surface area contributed by atoms with Gasteiger partial charge in [-0.25, -0.2) is 4.68 Å². The van der Waals surface area contributed by atoms with E-state index in [2.05, 4.69) is 49.4 Å². The molecule has 3 aliphatic rings. The van der Waals surface area contributed by atoms with Crippen LogP contribution in [-0.4, -0.2) is 56.4 Å². The molecule has 0 amide bonds. The normalized spacial score (nSPS) is 22.1. The van der Waals surface area contributed by atoms with Gasteiger partial charge in [-0.15, -0.1) is 0 Å². The Morgan fingerprint density at radius 2 is 1.64 bits per heavy atom. The van der Waals surface area contributed by atoms with Crippen LogP contribution in [0.15, 0.2) is 30.3 Å². The summed E-state index contributed by atoms with van der Waals surface area (Å²) in [6, 6.07) is 11.5. The number of aromatic nitrogens is 3. The first kappa shape index (κ1) is 18.5. The SMILES string of the molecule is S=c1n(CN2CCN(C3CCCC3)CC2)nc(C2CC2)n1Cc1ccccc1. The Morgan fingerprint density at radius 1 is 0.929 bits per heavy atom. The lowest BCUT2D eigenvalue weighted by molar-refractivity contribution is 0.0755. The summed E-state index contributed by atoms with van der Waals surface area (Å²) in [6.07, 6.45) is 8.15. The Labute approximate surface area is 172 Å². The third-order valence-corrected chi connectivity index (χ3v) is 7.09. The first-order valence-corrected chi connectivity index (χ1v) is 11.4. The van der Waals surface area contributed by atoms with Gasteiger partial charge in [0.05, 0.1) is 13.2 Å². The second-order valence-electron chi connectivity index (χ2n) is 8.72. The van der Waals surface area contributed by atoms with Gasteiger partial charge in [0, 0.05) is 38.1 Å². The summed E-state index contributed by atoms with van der Waals surface area (Å²) in [5.41, 5.74) is 1.30. The second kappa shape index (κ2) is 8.09. The molecule has 2 saturated carbocycles. The van der Waals surface area contributed by atoms with E-state index < -0.39 is 0 Å². The van der Waals surface area contributed by atoms with Crippen molar-refractivity contribution in [3.63, 3.8) is 0 Å². The van der Waals surface area contributed by atoms with Crippen LogP contribution in [0.2, 0.25) is 0 Å². The number of rotatable bonds is 6. The predicted molar refractivity (Wildman–Crippen MR) is 114 cm³/mol. The maximum atomic E-state index is 5.86. The first-order valence-electron chi connectivity index (χ1n) is 11.0. The Morgan fingerprint density at radius 3 is 2.32 bits per heavy atom. The fourth-order valence-electron chi connectivity index (χ4n) is 4.84. The number of hydrogen-bond acceptors (Lipinski definition) is 4. The Hall–Kier alpha value is -1.50. The number of piperazine rings is 1. The third kappa shape index (κ3) is 3.95. The molecule has 28 heavy (non-hydrogen) atoms. The van der Waals surface area contributed by atoms with Crippen LogP contribution in [0.5, 0.6) is 0 Å². The molecule has 150 valence electrons. The van der Waals surface area contributed by atoms with E-state index in [4.69, 9.17) is 17.3 Å². The van der Waals surface area contributed by atoms with Gasteiger partial charge in [0.15, 0.2) is 4.77 Å². The van der Waals surface area contributed by atoms with Crippen molar-refractivity contribution in [3.8, 4) is 0 Å². The Balaban J connectivity index is 1.28. The van der Waals surface area contributed by atoms with Crippen molar-refractivity contribution in [2.75, 3.05) is 26.2 Å². The van der Waals surface area contributed by atoms with E-state index in [0.29, 0.717) is 5.92 Å². The molecule has 5 nitrogen and oxygen atoms in total. The maximum absolute atomic E-state index is 5.86. The molecule has 0 spiro atoms. The highest BCUT2D eigenvalue weighted by Gasteiger charge is 2.31. The van der Waals surface area contributed by atoms with Gasteiger partial charge in [-0.2, -0.15) is 5.10 Å². The molecule has 3 fully saturated rings. The molecule has 0 radical (unpaired) electrons. The average Bonchev–Trinajstić information content (AvgIpc) is 3.34. The van der Waals surface area contributed by atoms with Crippen LogP contribution < -0.4 is 0 Å². The van der Waals surface area contributed by atoms with Gasteiger partial charge in [0.1, 0.15) is 5.82 Å². The molecule has 1 aromatic carbocycles. The quantitative estimate of drug-likeness (QED) is 0.692. The van der Waals surface area contributed by atoms with E-state index in [9.17, 15) is 0 Å². The van der Waals surface area contributed by atoms with Crippen LogP contribution in [0.25, 0.3) is 0 Å². The van der Waals surface area contributed by atoms with Crippen molar-refractivity contribution in [2.24, 2.45) is 0 Å². The van der Waals surface area contributed by atoms with Crippen LogP contribution in [0, 0.1) is 4.77 Å². The summed E-state index contributed by atoms with van der Waals surface area (Å²) in [4.78, 5) is 5.24. The second-order valence-corrected chi connectivity index (χ2v) is 9.09. The summed E-state index contributed by atoms with van der Waals surface area (Å²) >= 11 is 5.86. The number of nitrogens with zero attached hydrogens (tertiary/aromatic N) is 5. The molecule has 6 heteroatoms. The van der Waals surface area contributed by atoms with Crippen molar-refractivity contribution in [2.45, 2.75) is 63.7 Å². The van der Waals surface area contributed by atoms with E-state index in [1.54, 1.807) is 0 Å². The van der Waals surface area contributed by atoms with Gasteiger partial charge in [0.25, 0.3) is 0 Å². The average molecular weight is 398 g/mol. The zero-order valence-corrected chi connectivity index (χ0v) is 17.5. The van der Waals surface area contributed by atoms with E-state index >= 15 is 0 Å². The molecule has 1 saturated heterocycles. The minimum absolute atomic E-state index is 0.603. The topological polar surface area (TPSA) is 29.2 Å². The molecule has 0 atom stereocenters. The van der Waals surface area contributed by atoms with E-state index in [0.717, 1.165) is 37.1 Å². The summed E-state index contributed by atoms with van der Waals surface area (Å²) in [6.45, 7) is 6.31. The highest BCUT2D eigenvalue weighted by Crippen LogP contribution is 2.39. The highest BCUT2D eigenvalue weighted by atomic mass is 32.1. The van der Waals surface area contributed by atoms with Crippen LogP contribution in [-0.2, 0) is 13.2 Å². The van der Waals surface area contributed by atoms with Gasteiger partial charge in [-0.3, -0.25) is 14.4 Å². The molecule has 1 aliphatic heterocycles. The first-order chi connectivity index (χ1) is 13.8. The van der Waals surface area contributed by atoms with Crippen LogP contribution in [0.4, 0.5) is 0 Å². The fraction of sp³-hybridized carbons (Fsp3) is 0.636. The van der Waals surface area contributed by atoms with Gasteiger partial charge in [-0.05, 0) is 43.5 Å². The third-order valence-electron chi connectivity index (χ3n) is 6.66. The molecule has 0 bridgehead atoms. The van der Waals surface area contributed by atoms with Crippen molar-refractivity contribution in [3.05, 3.63) is 46.5 Å². The monoisotopic (exact) mass is 397 g/mol. The van der Waals surface area contributed by atoms with Crippen molar-refractivity contribution in [1.29, 1.82) is 0 Å². The van der Waals surface area contributed by atoms with Crippen LogP contribution >= 0.6 is 12.2 Å². The molecular formula is C22H31N5S. The van der Waals surface area contributed by atoms with Gasteiger partial charge >= 0.3 is 0 Å².